The SMILES string of the molecule is CCCNC(=O)c1cccc(NS(=O)(=O)CC(=O)O)c1. The lowest BCUT2D eigenvalue weighted by atomic mass is 10.2. The molecule has 0 unspecified atom stereocenters. The summed E-state index contributed by atoms with van der Waals surface area (Å²) in [5.41, 5.74) is 0.448. The van der Waals surface area contributed by atoms with E-state index < -0.39 is 21.7 Å². The number of benzene rings is 1. The fourth-order valence-electron chi connectivity index (χ4n) is 1.44. The summed E-state index contributed by atoms with van der Waals surface area (Å²) in [5.74, 6) is -2.79. The number of carbonyl (C=O) groups is 2. The maximum Gasteiger partial charge on any atom is 0.320 e. The molecular weight excluding hydrogens is 284 g/mol. The molecule has 0 aromatic heterocycles. The van der Waals surface area contributed by atoms with E-state index in [1.54, 1.807) is 6.07 Å². The number of sulfonamides is 1. The van der Waals surface area contributed by atoms with Crippen LogP contribution in [0.4, 0.5) is 5.69 Å². The van der Waals surface area contributed by atoms with Gasteiger partial charge in [-0.15, -0.1) is 0 Å². The van der Waals surface area contributed by atoms with Crippen molar-refractivity contribution in [3.8, 4) is 0 Å². The molecule has 1 aromatic rings. The van der Waals surface area contributed by atoms with Crippen molar-refractivity contribution in [1.82, 2.24) is 5.32 Å². The lowest BCUT2D eigenvalue weighted by Gasteiger charge is -2.08. The molecule has 8 heteroatoms. The van der Waals surface area contributed by atoms with Crippen LogP contribution in [0.25, 0.3) is 0 Å². The molecule has 0 spiro atoms. The van der Waals surface area contributed by atoms with E-state index in [0.29, 0.717) is 12.1 Å². The Balaban J connectivity index is 2.83. The molecule has 0 bridgehead atoms. The molecule has 0 saturated heterocycles. The van der Waals surface area contributed by atoms with Gasteiger partial charge in [0.1, 0.15) is 0 Å². The van der Waals surface area contributed by atoms with Gasteiger partial charge in [-0.1, -0.05) is 13.0 Å². The Labute approximate surface area is 117 Å². The Kier molecular flexibility index (Phi) is 5.51. The first-order valence-electron chi connectivity index (χ1n) is 5.94. The summed E-state index contributed by atoms with van der Waals surface area (Å²) in [6.45, 7) is 2.44. The third kappa shape index (κ3) is 5.27. The van der Waals surface area contributed by atoms with Crippen molar-refractivity contribution < 1.29 is 23.1 Å². The number of aliphatic carboxylic acids is 1. The van der Waals surface area contributed by atoms with Crippen LogP contribution in [-0.4, -0.2) is 37.7 Å². The highest BCUT2D eigenvalue weighted by Crippen LogP contribution is 2.12. The summed E-state index contributed by atoms with van der Waals surface area (Å²) in [4.78, 5) is 22.1. The largest absolute Gasteiger partial charge is 0.480 e. The summed E-state index contributed by atoms with van der Waals surface area (Å²) in [5, 5.41) is 11.1. The first-order chi connectivity index (χ1) is 9.34. The zero-order chi connectivity index (χ0) is 15.2. The molecule has 0 aliphatic carbocycles. The zero-order valence-corrected chi connectivity index (χ0v) is 11.7. The number of hydrogen-bond acceptors (Lipinski definition) is 4. The van der Waals surface area contributed by atoms with Crippen LogP contribution in [0.3, 0.4) is 0 Å². The highest BCUT2D eigenvalue weighted by molar-refractivity contribution is 7.93. The average molecular weight is 300 g/mol. The molecule has 20 heavy (non-hydrogen) atoms. The lowest BCUT2D eigenvalue weighted by molar-refractivity contribution is -0.134. The molecule has 0 aliphatic rings. The molecule has 1 amide bonds. The molecule has 0 heterocycles. The monoisotopic (exact) mass is 300 g/mol. The lowest BCUT2D eigenvalue weighted by Crippen LogP contribution is -2.25. The standard InChI is InChI=1S/C12H16N2O5S/c1-2-6-13-12(17)9-4-3-5-10(7-9)14-20(18,19)8-11(15)16/h3-5,7,14H,2,6,8H2,1H3,(H,13,17)(H,15,16). The second kappa shape index (κ2) is 6.90. The van der Waals surface area contributed by atoms with Crippen molar-refractivity contribution in [2.75, 3.05) is 17.0 Å². The highest BCUT2D eigenvalue weighted by Gasteiger charge is 2.16. The minimum absolute atomic E-state index is 0.149. The van der Waals surface area contributed by atoms with Gasteiger partial charge in [-0.3, -0.25) is 14.3 Å². The molecule has 110 valence electrons. The van der Waals surface area contributed by atoms with Crippen LogP contribution in [0.5, 0.6) is 0 Å². The molecule has 1 rings (SSSR count). The molecule has 0 aliphatic heterocycles. The Morgan fingerprint density at radius 2 is 2.00 bits per heavy atom. The van der Waals surface area contributed by atoms with Gasteiger partial charge in [-0.2, -0.15) is 0 Å². The minimum Gasteiger partial charge on any atom is -0.480 e. The Morgan fingerprint density at radius 3 is 2.60 bits per heavy atom. The summed E-state index contributed by atoms with van der Waals surface area (Å²) in [6.07, 6.45) is 0.788. The fraction of sp³-hybridized carbons (Fsp3) is 0.333. The second-order valence-electron chi connectivity index (χ2n) is 4.09. The third-order valence-electron chi connectivity index (χ3n) is 2.25. The molecule has 0 saturated carbocycles. The maximum atomic E-state index is 11.7. The van der Waals surface area contributed by atoms with Crippen LogP contribution in [-0.2, 0) is 14.8 Å². The molecular formula is C12H16N2O5S. The summed E-state index contributed by atoms with van der Waals surface area (Å²) < 4.78 is 25.1. The van der Waals surface area contributed by atoms with Gasteiger partial charge in [0.2, 0.25) is 10.0 Å². The Hall–Kier alpha value is -2.09. The van der Waals surface area contributed by atoms with E-state index in [2.05, 4.69) is 10.0 Å². The highest BCUT2D eigenvalue weighted by atomic mass is 32.2. The molecule has 3 N–H and O–H groups in total. The molecule has 7 nitrogen and oxygen atoms in total. The quantitative estimate of drug-likeness (QED) is 0.684. The van der Waals surface area contributed by atoms with Crippen molar-refractivity contribution in [3.63, 3.8) is 0 Å². The second-order valence-corrected chi connectivity index (χ2v) is 5.81. The first-order valence-corrected chi connectivity index (χ1v) is 7.60. The van der Waals surface area contributed by atoms with Gasteiger partial charge >= 0.3 is 5.97 Å². The predicted molar refractivity (Wildman–Crippen MR) is 74.1 cm³/mol. The number of anilines is 1. The summed E-state index contributed by atoms with van der Waals surface area (Å²) >= 11 is 0. The summed E-state index contributed by atoms with van der Waals surface area (Å²) in [6, 6.07) is 5.85. The van der Waals surface area contributed by atoms with E-state index in [9.17, 15) is 18.0 Å². The van der Waals surface area contributed by atoms with Crippen LogP contribution in [0.2, 0.25) is 0 Å². The van der Waals surface area contributed by atoms with E-state index in [4.69, 9.17) is 5.11 Å². The van der Waals surface area contributed by atoms with Crippen molar-refractivity contribution >= 4 is 27.6 Å². The molecule has 1 aromatic carbocycles. The van der Waals surface area contributed by atoms with Gasteiger partial charge in [0.05, 0.1) is 0 Å². The van der Waals surface area contributed by atoms with Gasteiger partial charge in [0, 0.05) is 17.8 Å². The van der Waals surface area contributed by atoms with E-state index >= 15 is 0 Å². The molecule has 0 atom stereocenters. The van der Waals surface area contributed by atoms with Crippen molar-refractivity contribution in [1.29, 1.82) is 0 Å². The number of amides is 1. The topological polar surface area (TPSA) is 113 Å². The van der Waals surface area contributed by atoms with Gasteiger partial charge in [0.15, 0.2) is 5.75 Å². The average Bonchev–Trinajstić information content (AvgIpc) is 2.33. The third-order valence-corrected chi connectivity index (χ3v) is 3.42. The number of hydrogen-bond donors (Lipinski definition) is 3. The van der Waals surface area contributed by atoms with Crippen molar-refractivity contribution in [2.45, 2.75) is 13.3 Å². The number of nitrogens with one attached hydrogen (secondary N) is 2. The van der Waals surface area contributed by atoms with E-state index in [1.165, 1.54) is 18.2 Å². The van der Waals surface area contributed by atoms with E-state index in [-0.39, 0.29) is 11.6 Å². The molecule has 0 radical (unpaired) electrons. The van der Waals surface area contributed by atoms with Gasteiger partial charge in [-0.05, 0) is 24.6 Å². The molecule has 0 fully saturated rings. The summed E-state index contributed by atoms with van der Waals surface area (Å²) in [7, 11) is -3.97. The van der Waals surface area contributed by atoms with Crippen LogP contribution in [0, 0.1) is 0 Å². The van der Waals surface area contributed by atoms with Gasteiger partial charge < -0.3 is 10.4 Å². The van der Waals surface area contributed by atoms with Crippen LogP contribution in [0.1, 0.15) is 23.7 Å². The first kappa shape index (κ1) is 16.0. The van der Waals surface area contributed by atoms with Crippen molar-refractivity contribution in [3.05, 3.63) is 29.8 Å². The smallest absolute Gasteiger partial charge is 0.320 e. The van der Waals surface area contributed by atoms with E-state index in [0.717, 1.165) is 6.42 Å². The fourth-order valence-corrected chi connectivity index (χ4v) is 2.33. The van der Waals surface area contributed by atoms with Gasteiger partial charge in [0.25, 0.3) is 5.91 Å². The van der Waals surface area contributed by atoms with Crippen LogP contribution < -0.4 is 10.0 Å². The Bertz CT molecular complexity index is 598. The van der Waals surface area contributed by atoms with Crippen LogP contribution >= 0.6 is 0 Å². The van der Waals surface area contributed by atoms with Gasteiger partial charge in [-0.25, -0.2) is 8.42 Å². The predicted octanol–water partition coefficient (Wildman–Crippen LogP) is 0.653. The Morgan fingerprint density at radius 1 is 1.30 bits per heavy atom. The zero-order valence-electron chi connectivity index (χ0n) is 10.9. The number of carboxylic acids is 1. The number of carbonyl (C=O) groups excluding carboxylic acids is 1. The number of rotatable bonds is 7. The van der Waals surface area contributed by atoms with Crippen molar-refractivity contribution in [2.24, 2.45) is 0 Å². The van der Waals surface area contributed by atoms with E-state index in [1.807, 2.05) is 6.92 Å². The normalized spacial score (nSPS) is 10.8. The number of carboxylic acid groups (broad SMARTS) is 1. The maximum absolute atomic E-state index is 11.7. The van der Waals surface area contributed by atoms with Crippen LogP contribution in [0.15, 0.2) is 24.3 Å². The minimum atomic E-state index is -3.97.